The fourth-order valence-electron chi connectivity index (χ4n) is 2.15. The summed E-state index contributed by atoms with van der Waals surface area (Å²) in [5, 5.41) is 11.7. The monoisotopic (exact) mass is 223 g/mol. The first-order chi connectivity index (χ1) is 7.66. The van der Waals surface area contributed by atoms with Crippen LogP contribution in [0.5, 0.6) is 0 Å². The van der Waals surface area contributed by atoms with Gasteiger partial charge in [-0.1, -0.05) is 12.2 Å². The number of carbonyl (C=O) groups excluding carboxylic acids is 1. The van der Waals surface area contributed by atoms with Crippen LogP contribution in [0.3, 0.4) is 0 Å². The fraction of sp³-hybridized carbons (Fsp3) is 0.667. The highest BCUT2D eigenvalue weighted by Gasteiger charge is 2.34. The molecule has 0 aliphatic heterocycles. The van der Waals surface area contributed by atoms with Gasteiger partial charge in [0, 0.05) is 12.0 Å². The van der Waals surface area contributed by atoms with Crippen LogP contribution in [0.4, 0.5) is 0 Å². The summed E-state index contributed by atoms with van der Waals surface area (Å²) in [6.45, 7) is 0. The van der Waals surface area contributed by atoms with E-state index in [9.17, 15) is 9.59 Å². The van der Waals surface area contributed by atoms with Gasteiger partial charge in [-0.05, 0) is 31.6 Å². The Morgan fingerprint density at radius 1 is 1.31 bits per heavy atom. The van der Waals surface area contributed by atoms with E-state index in [2.05, 4.69) is 5.32 Å². The number of aliphatic carboxylic acids is 1. The van der Waals surface area contributed by atoms with Gasteiger partial charge in [-0.3, -0.25) is 9.59 Å². The molecule has 0 saturated heterocycles. The van der Waals surface area contributed by atoms with Gasteiger partial charge in [-0.15, -0.1) is 0 Å². The number of rotatable bonds is 5. The second-order valence-corrected chi connectivity index (χ2v) is 4.69. The minimum Gasteiger partial charge on any atom is -0.481 e. The maximum absolute atomic E-state index is 11.8. The van der Waals surface area contributed by atoms with Gasteiger partial charge in [0.25, 0.3) is 0 Å². The Hall–Kier alpha value is -1.32. The second-order valence-electron chi connectivity index (χ2n) is 4.69. The third-order valence-electron chi connectivity index (χ3n) is 3.29. The molecule has 2 aliphatic rings. The van der Waals surface area contributed by atoms with E-state index in [1.807, 2.05) is 12.2 Å². The number of hydrogen-bond donors (Lipinski definition) is 2. The van der Waals surface area contributed by atoms with Crippen molar-refractivity contribution in [1.29, 1.82) is 0 Å². The summed E-state index contributed by atoms with van der Waals surface area (Å²) in [5.41, 5.74) is 0. The molecule has 0 aromatic heterocycles. The Labute approximate surface area is 94.7 Å². The van der Waals surface area contributed by atoms with E-state index in [4.69, 9.17) is 5.11 Å². The highest BCUT2D eigenvalue weighted by Crippen LogP contribution is 2.34. The fourth-order valence-corrected chi connectivity index (χ4v) is 2.15. The van der Waals surface area contributed by atoms with Gasteiger partial charge in [-0.25, -0.2) is 0 Å². The third kappa shape index (κ3) is 2.84. The maximum atomic E-state index is 11.8. The average Bonchev–Trinajstić information content (AvgIpc) is 2.91. The number of carboxylic acids is 1. The first-order valence-corrected chi connectivity index (χ1v) is 5.84. The van der Waals surface area contributed by atoms with Crippen LogP contribution >= 0.6 is 0 Å². The molecule has 0 aromatic carbocycles. The van der Waals surface area contributed by atoms with Crippen molar-refractivity contribution in [1.82, 2.24) is 5.32 Å². The Morgan fingerprint density at radius 3 is 2.44 bits per heavy atom. The molecule has 1 fully saturated rings. The zero-order valence-electron chi connectivity index (χ0n) is 9.19. The molecule has 2 aliphatic carbocycles. The Morgan fingerprint density at radius 2 is 1.94 bits per heavy atom. The van der Waals surface area contributed by atoms with Crippen molar-refractivity contribution in [2.75, 3.05) is 0 Å². The van der Waals surface area contributed by atoms with E-state index in [1.54, 1.807) is 0 Å². The van der Waals surface area contributed by atoms with E-state index in [0.717, 1.165) is 25.7 Å². The predicted molar refractivity (Wildman–Crippen MR) is 58.8 cm³/mol. The van der Waals surface area contributed by atoms with Crippen LogP contribution in [0.15, 0.2) is 12.2 Å². The molecule has 0 unspecified atom stereocenters. The van der Waals surface area contributed by atoms with Gasteiger partial charge in [0.05, 0.1) is 6.42 Å². The molecule has 0 aromatic rings. The molecule has 2 N–H and O–H groups in total. The van der Waals surface area contributed by atoms with Gasteiger partial charge >= 0.3 is 5.97 Å². The maximum Gasteiger partial charge on any atom is 0.305 e. The van der Waals surface area contributed by atoms with Crippen molar-refractivity contribution in [2.45, 2.75) is 38.1 Å². The summed E-state index contributed by atoms with van der Waals surface area (Å²) in [6, 6.07) is -0.161. The number of hydrogen-bond acceptors (Lipinski definition) is 2. The number of carboxylic acid groups (broad SMARTS) is 1. The third-order valence-corrected chi connectivity index (χ3v) is 3.29. The van der Waals surface area contributed by atoms with Crippen LogP contribution in [0, 0.1) is 11.8 Å². The highest BCUT2D eigenvalue weighted by atomic mass is 16.4. The zero-order chi connectivity index (χ0) is 11.5. The van der Waals surface area contributed by atoms with Crippen LogP contribution < -0.4 is 5.32 Å². The number of amides is 1. The largest absolute Gasteiger partial charge is 0.481 e. The highest BCUT2D eigenvalue weighted by molar-refractivity contribution is 5.80. The molecule has 1 saturated carbocycles. The first kappa shape index (κ1) is 11.2. The molecule has 4 nitrogen and oxygen atoms in total. The van der Waals surface area contributed by atoms with Gasteiger partial charge in [0.2, 0.25) is 5.91 Å². The Balaban J connectivity index is 1.84. The average molecular weight is 223 g/mol. The summed E-state index contributed by atoms with van der Waals surface area (Å²) in [7, 11) is 0. The molecule has 4 heteroatoms. The summed E-state index contributed by atoms with van der Waals surface area (Å²) < 4.78 is 0. The summed E-state index contributed by atoms with van der Waals surface area (Å²) in [6.07, 6.45) is 7.73. The normalized spacial score (nSPS) is 22.0. The lowest BCUT2D eigenvalue weighted by molar-refractivity contribution is -0.138. The Bertz CT molecular complexity index is 312. The van der Waals surface area contributed by atoms with E-state index < -0.39 is 5.97 Å². The molecule has 1 atom stereocenters. The molecule has 1 amide bonds. The molecule has 16 heavy (non-hydrogen) atoms. The van der Waals surface area contributed by atoms with Crippen LogP contribution in [-0.4, -0.2) is 23.0 Å². The van der Waals surface area contributed by atoms with Crippen molar-refractivity contribution in [2.24, 2.45) is 11.8 Å². The van der Waals surface area contributed by atoms with Gasteiger partial charge in [-0.2, -0.15) is 0 Å². The van der Waals surface area contributed by atoms with Crippen molar-refractivity contribution in [3.8, 4) is 0 Å². The number of nitrogens with one attached hydrogen (secondary N) is 1. The molecule has 88 valence electrons. The van der Waals surface area contributed by atoms with Crippen molar-refractivity contribution < 1.29 is 14.7 Å². The molecular weight excluding hydrogens is 206 g/mol. The van der Waals surface area contributed by atoms with Gasteiger partial charge in [0.1, 0.15) is 0 Å². The van der Waals surface area contributed by atoms with Crippen molar-refractivity contribution in [3.05, 3.63) is 12.2 Å². The molecule has 0 bridgehead atoms. The molecule has 2 rings (SSSR count). The summed E-state index contributed by atoms with van der Waals surface area (Å²) >= 11 is 0. The van der Waals surface area contributed by atoms with E-state index in [0.29, 0.717) is 5.92 Å². The van der Waals surface area contributed by atoms with Crippen LogP contribution in [0.25, 0.3) is 0 Å². The lowest BCUT2D eigenvalue weighted by Gasteiger charge is -2.18. The minimum absolute atomic E-state index is 0.0168. The molecular formula is C12H17NO3. The smallest absolute Gasteiger partial charge is 0.305 e. The predicted octanol–water partition coefficient (Wildman–Crippen LogP) is 1.32. The summed E-state index contributed by atoms with van der Waals surface area (Å²) in [4.78, 5) is 22.5. The molecule has 0 heterocycles. The molecule has 0 radical (unpaired) electrons. The lowest BCUT2D eigenvalue weighted by Crippen LogP contribution is -2.40. The van der Waals surface area contributed by atoms with E-state index >= 15 is 0 Å². The summed E-state index contributed by atoms with van der Waals surface area (Å²) in [5.74, 6) is -0.408. The standard InChI is InChI=1S/C12H17NO3/c14-11(15)7-10(8-5-6-8)13-12(16)9-3-1-2-4-9/h1-2,8-10H,3-7H2,(H,13,16)(H,14,15)/t10-/m1/s1. The number of allylic oxidation sites excluding steroid dienone is 2. The zero-order valence-corrected chi connectivity index (χ0v) is 9.19. The van der Waals surface area contributed by atoms with E-state index in [1.165, 1.54) is 0 Å². The van der Waals surface area contributed by atoms with Gasteiger partial charge in [0.15, 0.2) is 0 Å². The van der Waals surface area contributed by atoms with Crippen LogP contribution in [0.2, 0.25) is 0 Å². The SMILES string of the molecule is O=C(O)C[C@@H](NC(=O)C1CC=CC1)C1CC1. The van der Waals surface area contributed by atoms with E-state index in [-0.39, 0.29) is 24.3 Å². The second kappa shape index (κ2) is 4.68. The van der Waals surface area contributed by atoms with Crippen LogP contribution in [0.1, 0.15) is 32.1 Å². The topological polar surface area (TPSA) is 66.4 Å². The number of carbonyl (C=O) groups is 2. The molecule has 0 spiro atoms. The lowest BCUT2D eigenvalue weighted by atomic mass is 10.0. The van der Waals surface area contributed by atoms with Crippen molar-refractivity contribution >= 4 is 11.9 Å². The minimum atomic E-state index is -0.832. The van der Waals surface area contributed by atoms with Gasteiger partial charge < -0.3 is 10.4 Å². The Kier molecular flexibility index (Phi) is 3.27. The van der Waals surface area contributed by atoms with Crippen LogP contribution in [-0.2, 0) is 9.59 Å². The first-order valence-electron chi connectivity index (χ1n) is 5.84. The van der Waals surface area contributed by atoms with Crippen molar-refractivity contribution in [3.63, 3.8) is 0 Å². The quantitative estimate of drug-likeness (QED) is 0.691.